The van der Waals surface area contributed by atoms with Gasteiger partial charge in [-0.05, 0) is 19.1 Å². The van der Waals surface area contributed by atoms with Crippen molar-refractivity contribution in [1.82, 2.24) is 5.16 Å². The smallest absolute Gasteiger partial charge is 0.351 e. The van der Waals surface area contributed by atoms with Crippen molar-refractivity contribution in [3.8, 4) is 22.8 Å². The Hall–Kier alpha value is -3.28. The Morgan fingerprint density at radius 3 is 2.50 bits per heavy atom. The molecule has 6 nitrogen and oxygen atoms in total. The van der Waals surface area contributed by atoms with Crippen molar-refractivity contribution in [2.45, 2.75) is 25.7 Å². The highest BCUT2D eigenvalue weighted by Crippen LogP contribution is 2.33. The van der Waals surface area contributed by atoms with E-state index in [0.717, 1.165) is 5.56 Å². The molecule has 0 N–H and O–H groups in total. The van der Waals surface area contributed by atoms with Gasteiger partial charge in [-0.25, -0.2) is 4.79 Å². The summed E-state index contributed by atoms with van der Waals surface area (Å²) in [6.45, 7) is 1.77. The summed E-state index contributed by atoms with van der Waals surface area (Å²) in [5.74, 6) is 1.26. The molecule has 1 aliphatic heterocycles. The SMILES string of the molecule is CC1Oc2ccccc2OC1C(=O)OCc1cc(-c2ccccc2)on1. The Morgan fingerprint density at radius 2 is 1.73 bits per heavy atom. The second-order valence-electron chi connectivity index (χ2n) is 5.96. The predicted octanol–water partition coefficient (Wildman–Crippen LogP) is 3.61. The molecule has 26 heavy (non-hydrogen) atoms. The number of hydrogen-bond acceptors (Lipinski definition) is 6. The molecule has 0 amide bonds. The average Bonchev–Trinajstić information content (AvgIpc) is 3.15. The molecule has 2 atom stereocenters. The number of esters is 1. The summed E-state index contributed by atoms with van der Waals surface area (Å²) >= 11 is 0. The number of aromatic nitrogens is 1. The molecule has 4 rings (SSSR count). The van der Waals surface area contributed by atoms with Crippen LogP contribution >= 0.6 is 0 Å². The molecular weight excluding hydrogens is 334 g/mol. The summed E-state index contributed by atoms with van der Waals surface area (Å²) in [6, 6.07) is 18.6. The average molecular weight is 351 g/mol. The number of carbonyl (C=O) groups excluding carboxylic acids is 1. The van der Waals surface area contributed by atoms with Gasteiger partial charge in [-0.1, -0.05) is 47.6 Å². The minimum Gasteiger partial charge on any atom is -0.482 e. The zero-order valence-corrected chi connectivity index (χ0v) is 14.1. The van der Waals surface area contributed by atoms with E-state index < -0.39 is 18.2 Å². The maximum atomic E-state index is 12.4. The normalized spacial score (nSPS) is 18.3. The van der Waals surface area contributed by atoms with Gasteiger partial charge in [0.2, 0.25) is 6.10 Å². The van der Waals surface area contributed by atoms with Crippen LogP contribution in [0.15, 0.2) is 65.2 Å². The summed E-state index contributed by atoms with van der Waals surface area (Å²) in [5.41, 5.74) is 1.44. The van der Waals surface area contributed by atoms with Gasteiger partial charge in [-0.2, -0.15) is 0 Å². The number of benzene rings is 2. The Kier molecular flexibility index (Phi) is 4.31. The van der Waals surface area contributed by atoms with E-state index in [1.54, 1.807) is 25.1 Å². The van der Waals surface area contributed by atoms with Crippen LogP contribution in [0.1, 0.15) is 12.6 Å². The molecule has 0 spiro atoms. The van der Waals surface area contributed by atoms with Crippen LogP contribution in [0, 0.1) is 0 Å². The van der Waals surface area contributed by atoms with Crippen LogP contribution in [0.4, 0.5) is 0 Å². The zero-order valence-electron chi connectivity index (χ0n) is 14.1. The maximum absolute atomic E-state index is 12.4. The second-order valence-corrected chi connectivity index (χ2v) is 5.96. The molecule has 0 saturated carbocycles. The van der Waals surface area contributed by atoms with Gasteiger partial charge in [-0.3, -0.25) is 0 Å². The molecule has 0 bridgehead atoms. The monoisotopic (exact) mass is 351 g/mol. The van der Waals surface area contributed by atoms with Crippen LogP contribution in [-0.2, 0) is 16.1 Å². The number of fused-ring (bicyclic) bond motifs is 1. The number of ether oxygens (including phenoxy) is 3. The van der Waals surface area contributed by atoms with Crippen LogP contribution in [0.3, 0.4) is 0 Å². The third kappa shape index (κ3) is 3.26. The molecule has 6 heteroatoms. The maximum Gasteiger partial charge on any atom is 0.351 e. The molecular formula is C20H17NO5. The standard InChI is InChI=1S/C20H17NO5/c1-13-19(25-17-10-6-5-9-16(17)24-13)20(22)23-12-15-11-18(26-21-15)14-7-3-2-4-8-14/h2-11,13,19H,12H2,1H3. The van der Waals surface area contributed by atoms with E-state index in [2.05, 4.69) is 5.16 Å². The van der Waals surface area contributed by atoms with Crippen molar-refractivity contribution in [1.29, 1.82) is 0 Å². The minimum atomic E-state index is -0.828. The van der Waals surface area contributed by atoms with Gasteiger partial charge in [-0.15, -0.1) is 0 Å². The lowest BCUT2D eigenvalue weighted by molar-refractivity contribution is -0.159. The van der Waals surface area contributed by atoms with Crippen LogP contribution in [0.5, 0.6) is 11.5 Å². The molecule has 3 aromatic rings. The topological polar surface area (TPSA) is 70.8 Å². The molecule has 0 aliphatic carbocycles. The first kappa shape index (κ1) is 16.2. The third-order valence-electron chi connectivity index (χ3n) is 4.05. The van der Waals surface area contributed by atoms with Gasteiger partial charge >= 0.3 is 5.97 Å². The fraction of sp³-hybridized carbons (Fsp3) is 0.200. The lowest BCUT2D eigenvalue weighted by Gasteiger charge is -2.30. The first-order valence-corrected chi connectivity index (χ1v) is 8.31. The minimum absolute atomic E-state index is 0.00337. The van der Waals surface area contributed by atoms with Crippen molar-refractivity contribution in [3.63, 3.8) is 0 Å². The van der Waals surface area contributed by atoms with E-state index in [1.807, 2.05) is 42.5 Å². The molecule has 2 unspecified atom stereocenters. The van der Waals surface area contributed by atoms with E-state index in [0.29, 0.717) is 23.0 Å². The first-order chi connectivity index (χ1) is 12.7. The highest BCUT2D eigenvalue weighted by Gasteiger charge is 2.35. The molecule has 0 radical (unpaired) electrons. The van der Waals surface area contributed by atoms with Crippen LogP contribution < -0.4 is 9.47 Å². The second kappa shape index (κ2) is 6.92. The molecule has 2 heterocycles. The Labute approximate surface area is 150 Å². The number of hydrogen-bond donors (Lipinski definition) is 0. The first-order valence-electron chi connectivity index (χ1n) is 8.31. The third-order valence-corrected chi connectivity index (χ3v) is 4.05. The summed E-state index contributed by atoms with van der Waals surface area (Å²) in [6.07, 6.45) is -1.28. The fourth-order valence-corrected chi connectivity index (χ4v) is 2.72. The van der Waals surface area contributed by atoms with E-state index in [9.17, 15) is 4.79 Å². The van der Waals surface area contributed by atoms with Gasteiger partial charge < -0.3 is 18.7 Å². The number of rotatable bonds is 4. The van der Waals surface area contributed by atoms with Crippen molar-refractivity contribution < 1.29 is 23.5 Å². The molecule has 1 aromatic heterocycles. The van der Waals surface area contributed by atoms with E-state index in [1.165, 1.54) is 0 Å². The lowest BCUT2D eigenvalue weighted by Crippen LogP contribution is -2.44. The predicted molar refractivity (Wildman–Crippen MR) is 92.7 cm³/mol. The van der Waals surface area contributed by atoms with Crippen molar-refractivity contribution in [2.24, 2.45) is 0 Å². The van der Waals surface area contributed by atoms with E-state index in [-0.39, 0.29) is 6.61 Å². The summed E-state index contributed by atoms with van der Waals surface area (Å²) in [7, 11) is 0. The van der Waals surface area contributed by atoms with Crippen LogP contribution in [0.2, 0.25) is 0 Å². The van der Waals surface area contributed by atoms with Crippen molar-refractivity contribution in [3.05, 3.63) is 66.4 Å². The number of carbonyl (C=O) groups is 1. The number of para-hydroxylation sites is 2. The van der Waals surface area contributed by atoms with Gasteiger partial charge in [0, 0.05) is 11.6 Å². The van der Waals surface area contributed by atoms with Gasteiger partial charge in [0.1, 0.15) is 18.4 Å². The highest BCUT2D eigenvalue weighted by atomic mass is 16.6. The molecule has 1 aliphatic rings. The zero-order chi connectivity index (χ0) is 17.9. The van der Waals surface area contributed by atoms with Gasteiger partial charge in [0.05, 0.1) is 0 Å². The summed E-state index contributed by atoms with van der Waals surface area (Å²) < 4.78 is 22.1. The fourth-order valence-electron chi connectivity index (χ4n) is 2.72. The largest absolute Gasteiger partial charge is 0.482 e. The molecule has 0 saturated heterocycles. The van der Waals surface area contributed by atoms with Crippen LogP contribution in [-0.4, -0.2) is 23.3 Å². The Balaban J connectivity index is 1.39. The molecule has 0 fully saturated rings. The Bertz CT molecular complexity index is 905. The van der Waals surface area contributed by atoms with Crippen molar-refractivity contribution in [2.75, 3.05) is 0 Å². The quantitative estimate of drug-likeness (QED) is 0.669. The van der Waals surface area contributed by atoms with Gasteiger partial charge in [0.25, 0.3) is 0 Å². The van der Waals surface area contributed by atoms with Crippen molar-refractivity contribution >= 4 is 5.97 Å². The number of nitrogens with zero attached hydrogens (tertiary/aromatic N) is 1. The van der Waals surface area contributed by atoms with Gasteiger partial charge in [0.15, 0.2) is 17.3 Å². The lowest BCUT2D eigenvalue weighted by atomic mass is 10.1. The molecule has 132 valence electrons. The van der Waals surface area contributed by atoms with E-state index >= 15 is 0 Å². The van der Waals surface area contributed by atoms with E-state index in [4.69, 9.17) is 18.7 Å². The Morgan fingerprint density at radius 1 is 1.04 bits per heavy atom. The highest BCUT2D eigenvalue weighted by molar-refractivity contribution is 5.76. The summed E-state index contributed by atoms with van der Waals surface area (Å²) in [4.78, 5) is 12.4. The summed E-state index contributed by atoms with van der Waals surface area (Å²) in [5, 5.41) is 3.94. The van der Waals surface area contributed by atoms with Crippen LogP contribution in [0.25, 0.3) is 11.3 Å². The molecule has 2 aromatic carbocycles.